The van der Waals surface area contributed by atoms with Crippen molar-refractivity contribution in [2.24, 2.45) is 0 Å². The zero-order valence-electron chi connectivity index (χ0n) is 18.0. The van der Waals surface area contributed by atoms with E-state index in [2.05, 4.69) is 0 Å². The quantitative estimate of drug-likeness (QED) is 0.684. The Hall–Kier alpha value is -2.42. The van der Waals surface area contributed by atoms with Crippen molar-refractivity contribution in [3.63, 3.8) is 0 Å². The monoisotopic (exact) mass is 447 g/mol. The van der Waals surface area contributed by atoms with Gasteiger partial charge in [-0.15, -0.1) is 0 Å². The molecule has 2 atom stereocenters. The Morgan fingerprint density at radius 1 is 1.10 bits per heavy atom. The molecule has 31 heavy (non-hydrogen) atoms. The highest BCUT2D eigenvalue weighted by Gasteiger charge is 2.37. The van der Waals surface area contributed by atoms with Gasteiger partial charge in [0.15, 0.2) is 0 Å². The molecule has 1 aliphatic rings. The highest BCUT2D eigenvalue weighted by atomic mass is 32.2. The van der Waals surface area contributed by atoms with Crippen molar-refractivity contribution in [2.75, 3.05) is 6.61 Å². The molecule has 0 saturated heterocycles. The van der Waals surface area contributed by atoms with Crippen LogP contribution in [0, 0.1) is 0 Å². The molecule has 168 valence electrons. The molecular formula is C23H29NO6S. The van der Waals surface area contributed by atoms with E-state index in [1.54, 1.807) is 51.1 Å². The maximum Gasteiger partial charge on any atom is 0.410 e. The standard InChI is InChI=1S/C23H29NO6S/c1-23(2,3)30-22(26)24-14-19-12-8-7-11-18(19)13-20(24)21(25)15-29-31(27,28)16-17-9-5-4-6-10-17/h4-12,20-21,25H,13-16H2,1-3H3/t20?,21-/m1/s1. The number of ether oxygens (including phenoxy) is 1. The fourth-order valence-electron chi connectivity index (χ4n) is 3.52. The van der Waals surface area contributed by atoms with Crippen LogP contribution in [-0.2, 0) is 37.8 Å². The number of aliphatic hydroxyl groups is 1. The third-order valence-corrected chi connectivity index (χ3v) is 6.15. The first-order chi connectivity index (χ1) is 14.5. The summed E-state index contributed by atoms with van der Waals surface area (Å²) in [4.78, 5) is 14.3. The van der Waals surface area contributed by atoms with E-state index in [9.17, 15) is 18.3 Å². The van der Waals surface area contributed by atoms with Gasteiger partial charge in [-0.3, -0.25) is 9.08 Å². The molecule has 3 rings (SSSR count). The Labute approximate surface area is 183 Å². The van der Waals surface area contributed by atoms with Crippen molar-refractivity contribution in [3.05, 3.63) is 71.3 Å². The van der Waals surface area contributed by atoms with Crippen molar-refractivity contribution in [2.45, 2.75) is 57.2 Å². The Morgan fingerprint density at radius 2 is 1.71 bits per heavy atom. The molecule has 1 unspecified atom stereocenters. The Balaban J connectivity index is 1.73. The van der Waals surface area contributed by atoms with E-state index in [1.807, 2.05) is 24.3 Å². The number of carbonyl (C=O) groups is 1. The maximum absolute atomic E-state index is 12.8. The summed E-state index contributed by atoms with van der Waals surface area (Å²) in [5.74, 6) is -0.288. The van der Waals surface area contributed by atoms with Gasteiger partial charge in [-0.2, -0.15) is 8.42 Å². The summed E-state index contributed by atoms with van der Waals surface area (Å²) in [6.45, 7) is 5.14. The minimum atomic E-state index is -3.89. The van der Waals surface area contributed by atoms with Gasteiger partial charge in [0, 0.05) is 6.54 Å². The molecule has 0 aliphatic carbocycles. The predicted octanol–water partition coefficient (Wildman–Crippen LogP) is 3.26. The second kappa shape index (κ2) is 9.38. The Bertz CT molecular complexity index is 1000. The number of aliphatic hydroxyl groups excluding tert-OH is 1. The Kier molecular flexibility index (Phi) is 7.03. The molecule has 1 aliphatic heterocycles. The van der Waals surface area contributed by atoms with Gasteiger partial charge in [-0.25, -0.2) is 4.79 Å². The lowest BCUT2D eigenvalue weighted by molar-refractivity contribution is -0.0209. The van der Waals surface area contributed by atoms with Crippen LogP contribution in [0.4, 0.5) is 4.79 Å². The first-order valence-electron chi connectivity index (χ1n) is 10.2. The van der Waals surface area contributed by atoms with E-state index in [1.165, 1.54) is 4.90 Å². The molecule has 1 amide bonds. The van der Waals surface area contributed by atoms with Crippen molar-refractivity contribution in [3.8, 4) is 0 Å². The number of amides is 1. The summed E-state index contributed by atoms with van der Waals surface area (Å²) in [5, 5.41) is 10.8. The fourth-order valence-corrected chi connectivity index (χ4v) is 4.55. The number of hydrogen-bond donors (Lipinski definition) is 1. The zero-order valence-corrected chi connectivity index (χ0v) is 18.8. The normalized spacial score (nSPS) is 17.7. The summed E-state index contributed by atoms with van der Waals surface area (Å²) >= 11 is 0. The third-order valence-electron chi connectivity index (χ3n) is 4.97. The SMILES string of the molecule is CC(C)(C)OC(=O)N1Cc2ccccc2CC1[C@H](O)COS(=O)(=O)Cc1ccccc1. The second-order valence-corrected chi connectivity index (χ2v) is 10.3. The summed E-state index contributed by atoms with van der Waals surface area (Å²) in [6.07, 6.45) is -1.39. The lowest BCUT2D eigenvalue weighted by Crippen LogP contribution is -2.53. The van der Waals surface area contributed by atoms with Gasteiger partial charge < -0.3 is 9.84 Å². The van der Waals surface area contributed by atoms with Crippen LogP contribution in [0.15, 0.2) is 54.6 Å². The van der Waals surface area contributed by atoms with Gasteiger partial charge >= 0.3 is 6.09 Å². The highest BCUT2D eigenvalue weighted by molar-refractivity contribution is 7.85. The minimum absolute atomic E-state index is 0.267. The third kappa shape index (κ3) is 6.53. The lowest BCUT2D eigenvalue weighted by Gasteiger charge is -2.39. The van der Waals surface area contributed by atoms with Gasteiger partial charge in [-0.1, -0.05) is 54.6 Å². The molecule has 1 heterocycles. The van der Waals surface area contributed by atoms with Crippen molar-refractivity contribution < 1.29 is 27.2 Å². The summed E-state index contributed by atoms with van der Waals surface area (Å²) in [7, 11) is -3.89. The van der Waals surface area contributed by atoms with Crippen LogP contribution >= 0.6 is 0 Å². The lowest BCUT2D eigenvalue weighted by atomic mass is 9.91. The van der Waals surface area contributed by atoms with Crippen molar-refractivity contribution in [1.82, 2.24) is 4.90 Å². The van der Waals surface area contributed by atoms with Gasteiger partial charge in [0.2, 0.25) is 0 Å². The van der Waals surface area contributed by atoms with Gasteiger partial charge in [-0.05, 0) is 43.9 Å². The molecule has 0 aromatic heterocycles. The number of carbonyl (C=O) groups excluding carboxylic acids is 1. The number of benzene rings is 2. The first-order valence-corrected chi connectivity index (χ1v) is 11.8. The van der Waals surface area contributed by atoms with Crippen LogP contribution in [0.1, 0.15) is 37.5 Å². The number of rotatable bonds is 6. The van der Waals surface area contributed by atoms with Crippen LogP contribution < -0.4 is 0 Å². The molecule has 2 aromatic rings. The van der Waals surface area contributed by atoms with Crippen LogP contribution in [0.3, 0.4) is 0 Å². The molecule has 0 spiro atoms. The predicted molar refractivity (Wildman–Crippen MR) is 117 cm³/mol. The van der Waals surface area contributed by atoms with E-state index in [0.717, 1.165) is 11.1 Å². The van der Waals surface area contributed by atoms with Crippen molar-refractivity contribution >= 4 is 16.2 Å². The first kappa shape index (κ1) is 23.2. The maximum atomic E-state index is 12.8. The highest BCUT2D eigenvalue weighted by Crippen LogP contribution is 2.27. The second-order valence-electron chi connectivity index (χ2n) is 8.69. The molecule has 0 radical (unpaired) electrons. The summed E-state index contributed by atoms with van der Waals surface area (Å²) in [5.41, 5.74) is 1.87. The molecule has 0 fully saturated rings. The van der Waals surface area contributed by atoms with Crippen LogP contribution in [-0.4, -0.2) is 48.9 Å². The van der Waals surface area contributed by atoms with E-state index in [4.69, 9.17) is 8.92 Å². The number of fused-ring (bicyclic) bond motifs is 1. The average molecular weight is 448 g/mol. The van der Waals surface area contributed by atoms with Gasteiger partial charge in [0.1, 0.15) is 11.4 Å². The molecule has 7 nitrogen and oxygen atoms in total. The number of nitrogens with zero attached hydrogens (tertiary/aromatic N) is 1. The van der Waals surface area contributed by atoms with E-state index < -0.39 is 40.6 Å². The molecule has 0 bridgehead atoms. The van der Waals surface area contributed by atoms with Crippen molar-refractivity contribution in [1.29, 1.82) is 0 Å². The van der Waals surface area contributed by atoms with Gasteiger partial charge in [0.05, 0.1) is 18.8 Å². The minimum Gasteiger partial charge on any atom is -0.444 e. The topological polar surface area (TPSA) is 93.1 Å². The molecular weight excluding hydrogens is 418 g/mol. The fraction of sp³-hybridized carbons (Fsp3) is 0.435. The molecule has 2 aromatic carbocycles. The average Bonchev–Trinajstić information content (AvgIpc) is 2.70. The summed E-state index contributed by atoms with van der Waals surface area (Å²) < 4.78 is 35.3. The van der Waals surface area contributed by atoms with Crippen LogP contribution in [0.2, 0.25) is 0 Å². The van der Waals surface area contributed by atoms with E-state index in [-0.39, 0.29) is 12.3 Å². The van der Waals surface area contributed by atoms with E-state index >= 15 is 0 Å². The molecule has 0 saturated carbocycles. The zero-order chi connectivity index (χ0) is 22.6. The van der Waals surface area contributed by atoms with Crippen LogP contribution in [0.5, 0.6) is 0 Å². The molecule has 8 heteroatoms. The molecule has 1 N–H and O–H groups in total. The number of hydrogen-bond acceptors (Lipinski definition) is 6. The van der Waals surface area contributed by atoms with Gasteiger partial charge in [0.25, 0.3) is 10.1 Å². The summed E-state index contributed by atoms with van der Waals surface area (Å²) in [6, 6.07) is 15.7. The smallest absolute Gasteiger partial charge is 0.410 e. The van der Waals surface area contributed by atoms with E-state index in [0.29, 0.717) is 12.0 Å². The van der Waals surface area contributed by atoms with Crippen LogP contribution in [0.25, 0.3) is 0 Å². The largest absolute Gasteiger partial charge is 0.444 e. The Morgan fingerprint density at radius 3 is 2.35 bits per heavy atom.